The molecule has 3 aromatic carbocycles. The number of urea groups is 1. The average molecular weight is 560 g/mol. The number of primary amides is 1. The third kappa shape index (κ3) is 5.74. The van der Waals surface area contributed by atoms with Crippen LogP contribution in [0.1, 0.15) is 16.1 Å². The highest BCUT2D eigenvalue weighted by Crippen LogP contribution is 2.32. The van der Waals surface area contributed by atoms with Gasteiger partial charge in [0.2, 0.25) is 0 Å². The van der Waals surface area contributed by atoms with Gasteiger partial charge in [0.1, 0.15) is 5.82 Å². The smallest absolute Gasteiger partial charge is 0.323 e. The predicted octanol–water partition coefficient (Wildman–Crippen LogP) is 5.25. The summed E-state index contributed by atoms with van der Waals surface area (Å²) in [6, 6.07) is 23.7. The molecule has 0 aliphatic carbocycles. The van der Waals surface area contributed by atoms with Crippen LogP contribution in [0, 0.1) is 6.92 Å². The number of hydrogen-bond donors (Lipinski definition) is 3. The van der Waals surface area contributed by atoms with Gasteiger partial charge in [-0.1, -0.05) is 24.3 Å². The molecule has 0 unspecified atom stereocenters. The molecule has 3 amide bonds. The minimum Gasteiger partial charge on any atom is -0.378 e. The summed E-state index contributed by atoms with van der Waals surface area (Å²) in [6.07, 6.45) is 1.87. The van der Waals surface area contributed by atoms with E-state index in [1.165, 1.54) is 0 Å². The first-order chi connectivity index (χ1) is 20.4. The summed E-state index contributed by atoms with van der Waals surface area (Å²) in [6.45, 7) is 4.73. The number of nitrogens with one attached hydrogen (secondary N) is 2. The number of morpholine rings is 1. The van der Waals surface area contributed by atoms with Crippen molar-refractivity contribution in [3.63, 3.8) is 0 Å². The van der Waals surface area contributed by atoms with E-state index in [1.54, 1.807) is 36.4 Å². The van der Waals surface area contributed by atoms with Gasteiger partial charge in [-0.2, -0.15) is 0 Å². The first-order valence-electron chi connectivity index (χ1n) is 13.6. The molecule has 6 rings (SSSR count). The molecule has 0 bridgehead atoms. The number of benzene rings is 3. The number of nitrogens with zero attached hydrogens (tertiary/aromatic N) is 4. The van der Waals surface area contributed by atoms with Crippen LogP contribution in [0.5, 0.6) is 0 Å². The molecule has 4 N–H and O–H groups in total. The van der Waals surface area contributed by atoms with E-state index < -0.39 is 11.9 Å². The van der Waals surface area contributed by atoms with Crippen molar-refractivity contribution in [2.24, 2.45) is 5.73 Å². The van der Waals surface area contributed by atoms with Crippen LogP contribution in [0.3, 0.4) is 0 Å². The van der Waals surface area contributed by atoms with Crippen molar-refractivity contribution < 1.29 is 14.3 Å². The SMILES string of the molecule is Cc1ccc(-c2ccc3c(N4CCOCC4)nc(-c4ccc(NC(=O)Nc5ccccc5C(N)=O)cc4)nc3c2)cn1. The van der Waals surface area contributed by atoms with Gasteiger partial charge in [-0.3, -0.25) is 9.78 Å². The number of pyridine rings is 1. The molecule has 0 atom stereocenters. The molecule has 1 fully saturated rings. The van der Waals surface area contributed by atoms with Crippen LogP contribution in [-0.4, -0.2) is 53.2 Å². The Bertz CT molecular complexity index is 1770. The number of para-hydroxylation sites is 1. The van der Waals surface area contributed by atoms with Gasteiger partial charge in [0.25, 0.3) is 5.91 Å². The number of hydrogen-bond acceptors (Lipinski definition) is 7. The van der Waals surface area contributed by atoms with Crippen molar-refractivity contribution >= 4 is 40.0 Å². The molecule has 1 aliphatic heterocycles. The molecule has 10 heteroatoms. The van der Waals surface area contributed by atoms with E-state index in [0.29, 0.717) is 30.4 Å². The van der Waals surface area contributed by atoms with Gasteiger partial charge in [0.15, 0.2) is 5.82 Å². The molecule has 1 aliphatic rings. The van der Waals surface area contributed by atoms with Crippen molar-refractivity contribution in [3.05, 3.63) is 96.3 Å². The van der Waals surface area contributed by atoms with Crippen LogP contribution in [0.4, 0.5) is 22.0 Å². The number of aryl methyl sites for hydroxylation is 1. The van der Waals surface area contributed by atoms with Crippen LogP contribution in [0.15, 0.2) is 85.1 Å². The number of anilines is 3. The lowest BCUT2D eigenvalue weighted by Gasteiger charge is -2.29. The Hall–Kier alpha value is -5.35. The summed E-state index contributed by atoms with van der Waals surface area (Å²) in [7, 11) is 0. The number of fused-ring (bicyclic) bond motifs is 1. The molecule has 10 nitrogen and oxygen atoms in total. The summed E-state index contributed by atoms with van der Waals surface area (Å²) >= 11 is 0. The number of aromatic nitrogens is 3. The summed E-state index contributed by atoms with van der Waals surface area (Å²) in [5.74, 6) is 0.820. The normalized spacial score (nSPS) is 13.1. The highest BCUT2D eigenvalue weighted by molar-refractivity contribution is 6.06. The standard InChI is InChI=1S/C32H29N7O3/c1-20-6-7-23(19-34-20)22-10-13-26-28(18-22)36-30(38-31(26)39-14-16-42-17-15-39)21-8-11-24(12-9-21)35-32(41)37-27-5-3-2-4-25(27)29(33)40/h2-13,18-19H,14-17H2,1H3,(H2,33,40)(H2,35,37,41). The first-order valence-corrected chi connectivity index (χ1v) is 13.6. The van der Waals surface area contributed by atoms with Crippen LogP contribution in [0.25, 0.3) is 33.4 Å². The van der Waals surface area contributed by atoms with Crippen LogP contribution < -0.4 is 21.3 Å². The fourth-order valence-corrected chi connectivity index (χ4v) is 4.87. The summed E-state index contributed by atoms with van der Waals surface area (Å²) in [4.78, 5) is 40.9. The van der Waals surface area contributed by atoms with Gasteiger partial charge in [0, 0.05) is 47.2 Å². The first kappa shape index (κ1) is 26.9. The highest BCUT2D eigenvalue weighted by atomic mass is 16.5. The van der Waals surface area contributed by atoms with Gasteiger partial charge >= 0.3 is 6.03 Å². The Kier molecular flexibility index (Phi) is 7.44. The zero-order valence-corrected chi connectivity index (χ0v) is 23.0. The molecule has 0 spiro atoms. The molecule has 5 aromatic rings. The number of carbonyl (C=O) groups is 2. The predicted molar refractivity (Wildman–Crippen MR) is 164 cm³/mol. The molecule has 2 aromatic heterocycles. The highest BCUT2D eigenvalue weighted by Gasteiger charge is 2.19. The summed E-state index contributed by atoms with van der Waals surface area (Å²) in [5.41, 5.74) is 11.2. The van der Waals surface area contributed by atoms with Gasteiger partial charge in [0.05, 0.1) is 30.0 Å². The van der Waals surface area contributed by atoms with Crippen molar-refractivity contribution in [1.82, 2.24) is 15.0 Å². The second-order valence-corrected chi connectivity index (χ2v) is 9.96. The largest absolute Gasteiger partial charge is 0.378 e. The number of nitrogens with two attached hydrogens (primary N) is 1. The van der Waals surface area contributed by atoms with E-state index >= 15 is 0 Å². The maximum atomic E-state index is 12.6. The molecular weight excluding hydrogens is 530 g/mol. The second kappa shape index (κ2) is 11.6. The van der Waals surface area contributed by atoms with E-state index in [1.807, 2.05) is 31.3 Å². The lowest BCUT2D eigenvalue weighted by molar-refractivity contribution is 0.100. The quantitative estimate of drug-likeness (QED) is 0.259. The summed E-state index contributed by atoms with van der Waals surface area (Å²) in [5, 5.41) is 6.43. The van der Waals surface area contributed by atoms with E-state index in [0.717, 1.165) is 52.2 Å². The number of ether oxygens (including phenoxy) is 1. The van der Waals surface area contributed by atoms with E-state index in [4.69, 9.17) is 20.4 Å². The average Bonchev–Trinajstić information content (AvgIpc) is 3.01. The van der Waals surface area contributed by atoms with Crippen molar-refractivity contribution in [2.45, 2.75) is 6.92 Å². The number of carbonyl (C=O) groups excluding carboxylic acids is 2. The van der Waals surface area contributed by atoms with Crippen LogP contribution >= 0.6 is 0 Å². The Labute approximate surface area is 242 Å². The molecule has 3 heterocycles. The molecule has 210 valence electrons. The van der Waals surface area contributed by atoms with Gasteiger partial charge < -0.3 is 26.0 Å². The topological polar surface area (TPSA) is 135 Å². The van der Waals surface area contributed by atoms with E-state index in [9.17, 15) is 9.59 Å². The van der Waals surface area contributed by atoms with Crippen LogP contribution in [-0.2, 0) is 4.74 Å². The maximum absolute atomic E-state index is 12.6. The van der Waals surface area contributed by atoms with E-state index in [-0.39, 0.29) is 5.56 Å². The Morgan fingerprint density at radius 1 is 0.857 bits per heavy atom. The van der Waals surface area contributed by atoms with Gasteiger partial charge in [-0.15, -0.1) is 0 Å². The van der Waals surface area contributed by atoms with Crippen molar-refractivity contribution in [3.8, 4) is 22.5 Å². The molecule has 42 heavy (non-hydrogen) atoms. The third-order valence-electron chi connectivity index (χ3n) is 7.07. The minimum atomic E-state index is -0.621. The lowest BCUT2D eigenvalue weighted by atomic mass is 10.0. The second-order valence-electron chi connectivity index (χ2n) is 9.96. The molecule has 1 saturated heterocycles. The molecule has 0 radical (unpaired) electrons. The summed E-state index contributed by atoms with van der Waals surface area (Å²) < 4.78 is 5.58. The zero-order valence-electron chi connectivity index (χ0n) is 23.0. The zero-order chi connectivity index (χ0) is 29.1. The molecular formula is C32H29N7O3. The monoisotopic (exact) mass is 559 g/mol. The van der Waals surface area contributed by atoms with Crippen molar-refractivity contribution in [2.75, 3.05) is 41.8 Å². The fraction of sp³-hybridized carbons (Fsp3) is 0.156. The van der Waals surface area contributed by atoms with Gasteiger partial charge in [-0.05, 0) is 67.1 Å². The Morgan fingerprint density at radius 2 is 1.60 bits per heavy atom. The fourth-order valence-electron chi connectivity index (χ4n) is 4.87. The van der Waals surface area contributed by atoms with Crippen LogP contribution in [0.2, 0.25) is 0 Å². The van der Waals surface area contributed by atoms with E-state index in [2.05, 4.69) is 44.8 Å². The Balaban J connectivity index is 1.30. The minimum absolute atomic E-state index is 0.231. The molecule has 0 saturated carbocycles. The number of amides is 3. The van der Waals surface area contributed by atoms with Crippen molar-refractivity contribution in [1.29, 1.82) is 0 Å². The lowest BCUT2D eigenvalue weighted by Crippen LogP contribution is -2.37. The number of rotatable bonds is 6. The third-order valence-corrected chi connectivity index (χ3v) is 7.07. The Morgan fingerprint density at radius 3 is 2.33 bits per heavy atom. The van der Waals surface area contributed by atoms with Gasteiger partial charge in [-0.25, -0.2) is 14.8 Å². The maximum Gasteiger partial charge on any atom is 0.323 e.